The number of aromatic carboxylic acids is 1. The molecule has 2 aromatic carbocycles. The molecule has 0 atom stereocenters. The Morgan fingerprint density at radius 2 is 1.73 bits per heavy atom. The lowest BCUT2D eigenvalue weighted by atomic mass is 10.1. The lowest BCUT2D eigenvalue weighted by Gasteiger charge is -2.10. The van der Waals surface area contributed by atoms with Crippen LogP contribution in [0.2, 0.25) is 0 Å². The Balaban J connectivity index is 1.95. The molecule has 0 saturated heterocycles. The summed E-state index contributed by atoms with van der Waals surface area (Å²) in [6, 6.07) is 18.0. The molecule has 6 nitrogen and oxygen atoms in total. The van der Waals surface area contributed by atoms with Crippen molar-refractivity contribution in [3.05, 3.63) is 88.2 Å². The number of nitrogens with one attached hydrogen (secondary N) is 1. The van der Waals surface area contributed by atoms with Gasteiger partial charge >= 0.3 is 5.97 Å². The number of aromatic nitrogens is 1. The lowest BCUT2D eigenvalue weighted by molar-refractivity contribution is -0.112. The molecule has 0 bridgehead atoms. The highest BCUT2D eigenvalue weighted by atomic mass is 16.4. The molecule has 3 rings (SSSR count). The summed E-state index contributed by atoms with van der Waals surface area (Å²) in [5.74, 6) is -1.82. The van der Waals surface area contributed by atoms with Crippen LogP contribution in [0.25, 0.3) is 11.8 Å². The van der Waals surface area contributed by atoms with Crippen LogP contribution in [0, 0.1) is 32.1 Å². The van der Waals surface area contributed by atoms with E-state index < -0.39 is 11.9 Å². The summed E-state index contributed by atoms with van der Waals surface area (Å²) >= 11 is 0. The molecule has 3 aromatic rings. The van der Waals surface area contributed by atoms with Crippen LogP contribution in [0.3, 0.4) is 0 Å². The number of nitriles is 1. The van der Waals surface area contributed by atoms with Gasteiger partial charge in [-0.15, -0.1) is 0 Å². The SMILES string of the molecule is Cc1ccc(-n2c(C)cc(/C=C(\C#N)C(=O)Nc3ccccc3C(=O)O)c2C)cc1. The molecule has 1 heterocycles. The molecule has 1 amide bonds. The van der Waals surface area contributed by atoms with Crippen LogP contribution in [0.4, 0.5) is 5.69 Å². The molecule has 0 spiro atoms. The summed E-state index contributed by atoms with van der Waals surface area (Å²) in [7, 11) is 0. The van der Waals surface area contributed by atoms with Crippen molar-refractivity contribution >= 4 is 23.6 Å². The van der Waals surface area contributed by atoms with Gasteiger partial charge in [0.2, 0.25) is 0 Å². The number of amides is 1. The van der Waals surface area contributed by atoms with Crippen LogP contribution in [0.1, 0.15) is 32.9 Å². The molecule has 1 aromatic heterocycles. The van der Waals surface area contributed by atoms with Gasteiger partial charge in [-0.2, -0.15) is 5.26 Å². The predicted octanol–water partition coefficient (Wildman–Crippen LogP) is 4.65. The molecule has 0 radical (unpaired) electrons. The van der Waals surface area contributed by atoms with Gasteiger partial charge in [0.15, 0.2) is 0 Å². The fourth-order valence-electron chi connectivity index (χ4n) is 3.30. The maximum Gasteiger partial charge on any atom is 0.337 e. The monoisotopic (exact) mass is 399 g/mol. The quantitative estimate of drug-likeness (QED) is 0.482. The maximum absolute atomic E-state index is 12.6. The third-order valence-electron chi connectivity index (χ3n) is 4.83. The number of rotatable bonds is 5. The number of carbonyl (C=O) groups excluding carboxylic acids is 1. The van der Waals surface area contributed by atoms with Gasteiger partial charge in [-0.05, 0) is 62.7 Å². The van der Waals surface area contributed by atoms with E-state index in [4.69, 9.17) is 0 Å². The lowest BCUT2D eigenvalue weighted by Crippen LogP contribution is -2.16. The summed E-state index contributed by atoms with van der Waals surface area (Å²) < 4.78 is 2.05. The Hall–Kier alpha value is -4.11. The van der Waals surface area contributed by atoms with Crippen molar-refractivity contribution in [1.29, 1.82) is 5.26 Å². The van der Waals surface area contributed by atoms with Gasteiger partial charge in [0.1, 0.15) is 11.6 Å². The molecule has 0 saturated carbocycles. The van der Waals surface area contributed by atoms with Gasteiger partial charge in [-0.3, -0.25) is 4.79 Å². The van der Waals surface area contributed by atoms with E-state index >= 15 is 0 Å². The Morgan fingerprint density at radius 1 is 1.07 bits per heavy atom. The topological polar surface area (TPSA) is 95.1 Å². The van der Waals surface area contributed by atoms with Crippen molar-refractivity contribution < 1.29 is 14.7 Å². The molecule has 150 valence electrons. The molecule has 0 aliphatic carbocycles. The standard InChI is InChI=1S/C24H21N3O3/c1-15-8-10-20(11-9-15)27-16(2)12-18(17(27)3)13-19(14-25)23(28)26-22-7-5-4-6-21(22)24(29)30/h4-13H,1-3H3,(H,26,28)(H,29,30)/b19-13+. The molecular weight excluding hydrogens is 378 g/mol. The smallest absolute Gasteiger partial charge is 0.337 e. The van der Waals surface area contributed by atoms with Gasteiger partial charge in [0, 0.05) is 17.1 Å². The first-order valence-electron chi connectivity index (χ1n) is 9.33. The zero-order valence-electron chi connectivity index (χ0n) is 16.9. The zero-order valence-corrected chi connectivity index (χ0v) is 16.9. The van der Waals surface area contributed by atoms with E-state index in [1.165, 1.54) is 18.2 Å². The molecule has 2 N–H and O–H groups in total. The number of carboxylic acids is 1. The third kappa shape index (κ3) is 4.15. The van der Waals surface area contributed by atoms with Crippen molar-refractivity contribution in [2.45, 2.75) is 20.8 Å². The number of hydrogen-bond donors (Lipinski definition) is 2. The predicted molar refractivity (Wildman–Crippen MR) is 116 cm³/mol. The van der Waals surface area contributed by atoms with Gasteiger partial charge in [-0.1, -0.05) is 29.8 Å². The number of anilines is 1. The maximum atomic E-state index is 12.6. The number of aryl methyl sites for hydroxylation is 2. The van der Waals surface area contributed by atoms with Gasteiger partial charge in [0.25, 0.3) is 5.91 Å². The number of para-hydroxylation sites is 1. The van der Waals surface area contributed by atoms with E-state index in [2.05, 4.69) is 9.88 Å². The normalized spacial score (nSPS) is 11.1. The van der Waals surface area contributed by atoms with Crippen LogP contribution < -0.4 is 5.32 Å². The number of benzene rings is 2. The van der Waals surface area contributed by atoms with E-state index in [-0.39, 0.29) is 16.8 Å². The molecule has 30 heavy (non-hydrogen) atoms. The van der Waals surface area contributed by atoms with E-state index in [1.807, 2.05) is 57.2 Å². The molecule has 0 unspecified atom stereocenters. The summed E-state index contributed by atoms with van der Waals surface area (Å²) in [5.41, 5.74) is 4.74. The van der Waals surface area contributed by atoms with Crippen LogP contribution in [0.5, 0.6) is 0 Å². The van der Waals surface area contributed by atoms with Crippen LogP contribution in [-0.2, 0) is 4.79 Å². The van der Waals surface area contributed by atoms with Crippen LogP contribution >= 0.6 is 0 Å². The second-order valence-electron chi connectivity index (χ2n) is 6.97. The second kappa shape index (κ2) is 8.50. The summed E-state index contributed by atoms with van der Waals surface area (Å²) in [5, 5.41) is 21.3. The van der Waals surface area contributed by atoms with Gasteiger partial charge in [-0.25, -0.2) is 4.79 Å². The highest BCUT2D eigenvalue weighted by molar-refractivity contribution is 6.11. The minimum Gasteiger partial charge on any atom is -0.478 e. The summed E-state index contributed by atoms with van der Waals surface area (Å²) in [6.45, 7) is 5.90. The fraction of sp³-hybridized carbons (Fsp3) is 0.125. The molecular formula is C24H21N3O3. The minimum atomic E-state index is -1.16. The van der Waals surface area contributed by atoms with Crippen LogP contribution in [0.15, 0.2) is 60.2 Å². The third-order valence-corrected chi connectivity index (χ3v) is 4.83. The van der Waals surface area contributed by atoms with Gasteiger partial charge in [0.05, 0.1) is 11.3 Å². The Morgan fingerprint density at radius 3 is 2.37 bits per heavy atom. The first-order chi connectivity index (χ1) is 14.3. The Bertz CT molecular complexity index is 1200. The van der Waals surface area contributed by atoms with Crippen molar-refractivity contribution in [2.24, 2.45) is 0 Å². The minimum absolute atomic E-state index is 0.0410. The number of carbonyl (C=O) groups is 2. The van der Waals surface area contributed by atoms with E-state index in [0.29, 0.717) is 0 Å². The van der Waals surface area contributed by atoms with Crippen molar-refractivity contribution in [3.63, 3.8) is 0 Å². The molecule has 0 aliphatic rings. The van der Waals surface area contributed by atoms with Crippen LogP contribution in [-0.4, -0.2) is 21.6 Å². The van der Waals surface area contributed by atoms with E-state index in [1.54, 1.807) is 12.1 Å². The largest absolute Gasteiger partial charge is 0.478 e. The van der Waals surface area contributed by atoms with E-state index in [0.717, 1.165) is 28.2 Å². The molecule has 0 aliphatic heterocycles. The van der Waals surface area contributed by atoms with Gasteiger partial charge < -0.3 is 15.0 Å². The zero-order chi connectivity index (χ0) is 21.8. The highest BCUT2D eigenvalue weighted by Gasteiger charge is 2.16. The van der Waals surface area contributed by atoms with Crippen molar-refractivity contribution in [3.8, 4) is 11.8 Å². The fourth-order valence-corrected chi connectivity index (χ4v) is 3.30. The molecule has 6 heteroatoms. The average Bonchev–Trinajstić information content (AvgIpc) is 3.00. The second-order valence-corrected chi connectivity index (χ2v) is 6.97. The average molecular weight is 399 g/mol. The first kappa shape index (κ1) is 20.6. The Kier molecular flexibility index (Phi) is 5.84. The number of carboxylic acid groups (broad SMARTS) is 1. The number of nitrogens with zero attached hydrogens (tertiary/aromatic N) is 2. The summed E-state index contributed by atoms with van der Waals surface area (Å²) in [4.78, 5) is 24.0. The number of hydrogen-bond acceptors (Lipinski definition) is 3. The Labute approximate surface area is 174 Å². The highest BCUT2D eigenvalue weighted by Crippen LogP contribution is 2.24. The van der Waals surface area contributed by atoms with Crippen molar-refractivity contribution in [2.75, 3.05) is 5.32 Å². The van der Waals surface area contributed by atoms with E-state index in [9.17, 15) is 20.0 Å². The molecule has 0 fully saturated rings. The first-order valence-corrected chi connectivity index (χ1v) is 9.33. The van der Waals surface area contributed by atoms with Crippen molar-refractivity contribution in [1.82, 2.24) is 4.57 Å². The summed E-state index contributed by atoms with van der Waals surface area (Å²) in [6.07, 6.45) is 1.52.